The molecule has 2 aromatic carbocycles. The Hall–Kier alpha value is -2.32. The lowest BCUT2D eigenvalue weighted by Crippen LogP contribution is -2.14. The average molecular weight is 437 g/mol. The smallest absolute Gasteiger partial charge is 0.227 e. The molecule has 2 N–H and O–H groups in total. The van der Waals surface area contributed by atoms with Crippen molar-refractivity contribution in [1.29, 1.82) is 0 Å². The zero-order valence-electron chi connectivity index (χ0n) is 13.3. The van der Waals surface area contributed by atoms with Crippen molar-refractivity contribution in [3.05, 3.63) is 45.6 Å². The normalized spacial score (nSPS) is 13.7. The number of amides is 1. The molecule has 0 saturated heterocycles. The van der Waals surface area contributed by atoms with Gasteiger partial charge in [0.05, 0.1) is 10.7 Å². The van der Waals surface area contributed by atoms with Crippen LogP contribution in [-0.4, -0.2) is 26.5 Å². The van der Waals surface area contributed by atoms with Crippen LogP contribution in [0.4, 0.5) is 10.1 Å². The third kappa shape index (κ3) is 3.22. The molecule has 132 valence electrons. The fourth-order valence-corrected chi connectivity index (χ4v) is 3.44. The Labute approximate surface area is 161 Å². The van der Waals surface area contributed by atoms with Gasteiger partial charge in [0.25, 0.3) is 0 Å². The first-order valence-corrected chi connectivity index (χ1v) is 9.04. The number of aromatic amines is 1. The van der Waals surface area contributed by atoms with E-state index in [1.807, 2.05) is 0 Å². The molecule has 26 heavy (non-hydrogen) atoms. The number of anilines is 1. The summed E-state index contributed by atoms with van der Waals surface area (Å²) in [6.07, 6.45) is 1.74. The SMILES string of the molecule is O=C(Nc1cccc(Cl)c1-c1cc(-c2nn[nH]n2)c(Br)cc1F)C1CC1. The predicted octanol–water partition coefficient (Wildman–Crippen LogP) is 4.44. The standard InChI is InChI=1S/C17H12BrClFN5O/c18-11-7-13(20)10(6-9(11)16-22-24-25-23-16)15-12(19)2-1-3-14(15)21-17(26)8-4-5-8/h1-3,6-8H,4-5H2,(H,21,26)(H,22,23,24,25). The van der Waals surface area contributed by atoms with Gasteiger partial charge in [0.1, 0.15) is 5.82 Å². The fraction of sp³-hybridized carbons (Fsp3) is 0.176. The number of aromatic nitrogens is 4. The van der Waals surface area contributed by atoms with Crippen LogP contribution < -0.4 is 5.32 Å². The predicted molar refractivity (Wildman–Crippen MR) is 99.1 cm³/mol. The van der Waals surface area contributed by atoms with Crippen LogP contribution in [0.1, 0.15) is 12.8 Å². The van der Waals surface area contributed by atoms with Crippen LogP contribution in [0.25, 0.3) is 22.5 Å². The van der Waals surface area contributed by atoms with Gasteiger partial charge in [0, 0.05) is 27.1 Å². The van der Waals surface area contributed by atoms with Crippen molar-refractivity contribution in [2.45, 2.75) is 12.8 Å². The second-order valence-electron chi connectivity index (χ2n) is 5.97. The largest absolute Gasteiger partial charge is 0.325 e. The number of hydrogen-bond acceptors (Lipinski definition) is 4. The third-order valence-corrected chi connectivity index (χ3v) is 5.10. The maximum absolute atomic E-state index is 14.8. The van der Waals surface area contributed by atoms with Crippen molar-refractivity contribution < 1.29 is 9.18 Å². The first-order valence-electron chi connectivity index (χ1n) is 7.87. The Kier molecular flexibility index (Phi) is 4.46. The summed E-state index contributed by atoms with van der Waals surface area (Å²) in [7, 11) is 0. The second-order valence-corrected chi connectivity index (χ2v) is 7.23. The van der Waals surface area contributed by atoms with Crippen molar-refractivity contribution in [3.63, 3.8) is 0 Å². The molecule has 1 aliphatic carbocycles. The van der Waals surface area contributed by atoms with Gasteiger partial charge < -0.3 is 5.32 Å². The lowest BCUT2D eigenvalue weighted by atomic mass is 10.00. The van der Waals surface area contributed by atoms with Gasteiger partial charge >= 0.3 is 0 Å². The Bertz CT molecular complexity index is 991. The molecule has 0 unspecified atom stereocenters. The fourth-order valence-electron chi connectivity index (χ4n) is 2.67. The zero-order chi connectivity index (χ0) is 18.3. The zero-order valence-corrected chi connectivity index (χ0v) is 15.6. The number of carbonyl (C=O) groups is 1. The number of H-pyrrole nitrogens is 1. The highest BCUT2D eigenvalue weighted by Crippen LogP contribution is 2.41. The molecule has 1 fully saturated rings. The Morgan fingerprint density at radius 2 is 2.12 bits per heavy atom. The summed E-state index contributed by atoms with van der Waals surface area (Å²) >= 11 is 9.67. The van der Waals surface area contributed by atoms with Crippen molar-refractivity contribution in [3.8, 4) is 22.5 Å². The number of benzene rings is 2. The number of tetrazole rings is 1. The molecule has 1 aromatic heterocycles. The highest BCUT2D eigenvalue weighted by Gasteiger charge is 2.30. The van der Waals surface area contributed by atoms with Gasteiger partial charge in [-0.15, -0.1) is 10.2 Å². The van der Waals surface area contributed by atoms with E-state index in [1.165, 1.54) is 6.07 Å². The van der Waals surface area contributed by atoms with E-state index in [-0.39, 0.29) is 17.4 Å². The van der Waals surface area contributed by atoms with Gasteiger partial charge in [-0.05, 0) is 58.3 Å². The van der Waals surface area contributed by atoms with E-state index in [9.17, 15) is 9.18 Å². The number of hydrogen-bond donors (Lipinski definition) is 2. The first kappa shape index (κ1) is 17.1. The van der Waals surface area contributed by atoms with Crippen molar-refractivity contribution >= 4 is 39.1 Å². The molecule has 0 radical (unpaired) electrons. The van der Waals surface area contributed by atoms with Crippen LogP contribution in [0, 0.1) is 11.7 Å². The highest BCUT2D eigenvalue weighted by molar-refractivity contribution is 9.10. The van der Waals surface area contributed by atoms with E-state index in [0.717, 1.165) is 12.8 Å². The lowest BCUT2D eigenvalue weighted by Gasteiger charge is -2.15. The minimum absolute atomic E-state index is 0.0199. The van der Waals surface area contributed by atoms with Gasteiger partial charge in [0.15, 0.2) is 0 Å². The Morgan fingerprint density at radius 1 is 1.31 bits per heavy atom. The average Bonchev–Trinajstić information content (AvgIpc) is 3.32. The minimum Gasteiger partial charge on any atom is -0.325 e. The van der Waals surface area contributed by atoms with Crippen molar-refractivity contribution in [1.82, 2.24) is 20.6 Å². The Balaban J connectivity index is 1.84. The number of halogens is 3. The van der Waals surface area contributed by atoms with E-state index in [0.29, 0.717) is 32.1 Å². The van der Waals surface area contributed by atoms with Gasteiger partial charge in [0.2, 0.25) is 11.7 Å². The van der Waals surface area contributed by atoms with Crippen LogP contribution >= 0.6 is 27.5 Å². The quantitative estimate of drug-likeness (QED) is 0.633. The molecule has 6 nitrogen and oxygen atoms in total. The number of nitrogens with zero attached hydrogens (tertiary/aromatic N) is 3. The summed E-state index contributed by atoms with van der Waals surface area (Å²) in [5.41, 5.74) is 1.67. The lowest BCUT2D eigenvalue weighted by molar-refractivity contribution is -0.117. The molecule has 1 saturated carbocycles. The molecule has 3 aromatic rings. The van der Waals surface area contributed by atoms with Gasteiger partial charge in [-0.3, -0.25) is 4.79 Å². The van der Waals surface area contributed by atoms with E-state index in [1.54, 1.807) is 24.3 Å². The van der Waals surface area contributed by atoms with E-state index in [4.69, 9.17) is 11.6 Å². The van der Waals surface area contributed by atoms with Gasteiger partial charge in [-0.25, -0.2) is 4.39 Å². The molecule has 0 atom stereocenters. The summed E-state index contributed by atoms with van der Waals surface area (Å²) in [6.45, 7) is 0. The molecule has 9 heteroatoms. The Morgan fingerprint density at radius 3 is 2.81 bits per heavy atom. The van der Waals surface area contributed by atoms with E-state index < -0.39 is 5.82 Å². The van der Waals surface area contributed by atoms with Crippen molar-refractivity contribution in [2.75, 3.05) is 5.32 Å². The van der Waals surface area contributed by atoms with E-state index >= 15 is 0 Å². The van der Waals surface area contributed by atoms with E-state index in [2.05, 4.69) is 41.9 Å². The molecule has 1 aliphatic rings. The van der Waals surface area contributed by atoms with Crippen LogP contribution in [0.5, 0.6) is 0 Å². The number of carbonyl (C=O) groups excluding carboxylic acids is 1. The molecule has 0 aliphatic heterocycles. The van der Waals surface area contributed by atoms with Crippen LogP contribution in [0.15, 0.2) is 34.8 Å². The molecule has 4 rings (SSSR count). The summed E-state index contributed by atoms with van der Waals surface area (Å²) in [5.74, 6) is -0.233. The van der Waals surface area contributed by atoms with Crippen LogP contribution in [0.3, 0.4) is 0 Å². The summed E-state index contributed by atoms with van der Waals surface area (Å²) < 4.78 is 15.2. The topological polar surface area (TPSA) is 83.6 Å². The maximum atomic E-state index is 14.8. The maximum Gasteiger partial charge on any atom is 0.227 e. The van der Waals surface area contributed by atoms with Gasteiger partial charge in [-0.2, -0.15) is 5.21 Å². The second kappa shape index (κ2) is 6.77. The van der Waals surface area contributed by atoms with Crippen LogP contribution in [0.2, 0.25) is 5.02 Å². The highest BCUT2D eigenvalue weighted by atomic mass is 79.9. The molecule has 1 heterocycles. The molecular formula is C17H12BrClFN5O. The number of nitrogens with one attached hydrogen (secondary N) is 2. The monoisotopic (exact) mass is 435 g/mol. The first-order chi connectivity index (χ1) is 12.5. The third-order valence-electron chi connectivity index (χ3n) is 4.13. The van der Waals surface area contributed by atoms with Crippen molar-refractivity contribution in [2.24, 2.45) is 5.92 Å². The number of rotatable bonds is 4. The molecule has 0 spiro atoms. The molecule has 1 amide bonds. The van der Waals surface area contributed by atoms with Crippen LogP contribution in [-0.2, 0) is 4.79 Å². The summed E-state index contributed by atoms with van der Waals surface area (Å²) in [5, 5.41) is 17.0. The summed E-state index contributed by atoms with van der Waals surface area (Å²) in [4.78, 5) is 12.2. The molecule has 0 bridgehead atoms. The summed E-state index contributed by atoms with van der Waals surface area (Å²) in [6, 6.07) is 7.97. The molecular weight excluding hydrogens is 425 g/mol. The van der Waals surface area contributed by atoms with Gasteiger partial charge in [-0.1, -0.05) is 17.7 Å². The minimum atomic E-state index is -0.487.